The van der Waals surface area contributed by atoms with Crippen LogP contribution in [-0.4, -0.2) is 19.9 Å². The number of hydrazine groups is 1. The highest BCUT2D eigenvalue weighted by molar-refractivity contribution is 7.91. The molecule has 0 fully saturated rings. The number of thiophene rings is 1. The van der Waals surface area contributed by atoms with Gasteiger partial charge in [0.05, 0.1) is 11.8 Å². The quantitative estimate of drug-likeness (QED) is 0.598. The summed E-state index contributed by atoms with van der Waals surface area (Å²) in [6.07, 6.45) is 6.35. The van der Waals surface area contributed by atoms with Crippen LogP contribution in [-0.2, 0) is 22.7 Å². The van der Waals surface area contributed by atoms with E-state index in [1.54, 1.807) is 6.92 Å². The van der Waals surface area contributed by atoms with Crippen LogP contribution in [0.4, 0.5) is 0 Å². The van der Waals surface area contributed by atoms with Gasteiger partial charge in [-0.3, -0.25) is 11.3 Å². The van der Waals surface area contributed by atoms with Gasteiger partial charge in [0.25, 0.3) is 0 Å². The summed E-state index contributed by atoms with van der Waals surface area (Å²) in [6.45, 7) is 1.70. The smallest absolute Gasteiger partial charge is 0.150 e. The topological polar surface area (TPSA) is 72.2 Å². The molecule has 2 rings (SSSR count). The average molecular weight is 316 g/mol. The third kappa shape index (κ3) is 4.04. The number of fused-ring (bicyclic) bond motifs is 1. The minimum atomic E-state index is -2.87. The van der Waals surface area contributed by atoms with Crippen molar-refractivity contribution in [2.24, 2.45) is 5.84 Å². The Morgan fingerprint density at radius 1 is 1.40 bits per heavy atom. The number of hydrogen-bond donors (Lipinski definition) is 2. The fourth-order valence-corrected chi connectivity index (χ4v) is 4.89. The van der Waals surface area contributed by atoms with Gasteiger partial charge in [-0.05, 0) is 50.2 Å². The van der Waals surface area contributed by atoms with Gasteiger partial charge in [0.15, 0.2) is 0 Å². The Morgan fingerprint density at radius 2 is 2.15 bits per heavy atom. The Bertz CT molecular complexity index is 514. The summed E-state index contributed by atoms with van der Waals surface area (Å²) in [5.74, 6) is 6.13. The van der Waals surface area contributed by atoms with Crippen molar-refractivity contribution in [1.29, 1.82) is 0 Å². The Balaban J connectivity index is 1.96. The highest BCUT2D eigenvalue weighted by atomic mass is 32.2. The molecule has 1 atom stereocenters. The van der Waals surface area contributed by atoms with Crippen LogP contribution in [0, 0.1) is 0 Å². The second-order valence-electron chi connectivity index (χ2n) is 5.40. The van der Waals surface area contributed by atoms with E-state index >= 15 is 0 Å². The van der Waals surface area contributed by atoms with E-state index in [-0.39, 0.29) is 17.5 Å². The van der Waals surface area contributed by atoms with Crippen LogP contribution in [0.15, 0.2) is 6.07 Å². The van der Waals surface area contributed by atoms with Crippen LogP contribution in [0.1, 0.15) is 54.0 Å². The maximum Gasteiger partial charge on any atom is 0.150 e. The molecule has 0 aliphatic heterocycles. The van der Waals surface area contributed by atoms with Crippen LogP contribution >= 0.6 is 11.3 Å². The Labute approximate surface area is 125 Å². The molecule has 1 aromatic heterocycles. The van der Waals surface area contributed by atoms with Crippen molar-refractivity contribution >= 4 is 21.2 Å². The monoisotopic (exact) mass is 316 g/mol. The Hall–Kier alpha value is -0.430. The van der Waals surface area contributed by atoms with Gasteiger partial charge in [0.2, 0.25) is 0 Å². The van der Waals surface area contributed by atoms with Gasteiger partial charge in [-0.1, -0.05) is 6.92 Å². The van der Waals surface area contributed by atoms with Gasteiger partial charge < -0.3 is 0 Å². The van der Waals surface area contributed by atoms with Crippen molar-refractivity contribution in [3.63, 3.8) is 0 Å². The zero-order chi connectivity index (χ0) is 14.6. The number of nitrogens with two attached hydrogens (primary N) is 1. The van der Waals surface area contributed by atoms with E-state index in [1.807, 2.05) is 11.3 Å². The molecular weight excluding hydrogens is 292 g/mol. The van der Waals surface area contributed by atoms with E-state index in [4.69, 9.17) is 5.84 Å². The van der Waals surface area contributed by atoms with Gasteiger partial charge in [-0.15, -0.1) is 11.3 Å². The predicted molar refractivity (Wildman–Crippen MR) is 84.6 cm³/mol. The predicted octanol–water partition coefficient (Wildman–Crippen LogP) is 2.35. The summed E-state index contributed by atoms with van der Waals surface area (Å²) >= 11 is 1.84. The SMILES string of the molecule is CCS(=O)(=O)CCCC(NN)c1cc2c(s1)CCCC2. The van der Waals surface area contributed by atoms with Crippen LogP contribution in [0.3, 0.4) is 0 Å². The number of hydrogen-bond acceptors (Lipinski definition) is 5. The molecule has 6 heteroatoms. The lowest BCUT2D eigenvalue weighted by molar-refractivity contribution is 0.514. The lowest BCUT2D eigenvalue weighted by Crippen LogP contribution is -2.27. The number of sulfone groups is 1. The molecule has 1 heterocycles. The van der Waals surface area contributed by atoms with Crippen LogP contribution in [0.25, 0.3) is 0 Å². The van der Waals surface area contributed by atoms with Crippen molar-refractivity contribution in [2.45, 2.75) is 51.5 Å². The van der Waals surface area contributed by atoms with Gasteiger partial charge in [-0.25, -0.2) is 8.42 Å². The van der Waals surface area contributed by atoms with E-state index in [2.05, 4.69) is 11.5 Å². The molecule has 1 unspecified atom stereocenters. The highest BCUT2D eigenvalue weighted by Gasteiger charge is 2.19. The zero-order valence-electron chi connectivity index (χ0n) is 12.0. The molecule has 4 nitrogen and oxygen atoms in total. The molecule has 0 aromatic carbocycles. The van der Waals surface area contributed by atoms with Crippen LogP contribution < -0.4 is 11.3 Å². The summed E-state index contributed by atoms with van der Waals surface area (Å²) < 4.78 is 23.0. The molecule has 20 heavy (non-hydrogen) atoms. The third-order valence-electron chi connectivity index (χ3n) is 3.95. The summed E-state index contributed by atoms with van der Waals surface area (Å²) in [4.78, 5) is 2.75. The number of nitrogens with one attached hydrogen (secondary N) is 1. The third-order valence-corrected chi connectivity index (χ3v) is 7.09. The van der Waals surface area contributed by atoms with Crippen molar-refractivity contribution in [1.82, 2.24) is 5.43 Å². The van der Waals surface area contributed by atoms with Gasteiger partial charge in [-0.2, -0.15) is 0 Å². The molecule has 0 saturated carbocycles. The molecule has 0 amide bonds. The van der Waals surface area contributed by atoms with Crippen LogP contribution in [0.5, 0.6) is 0 Å². The first-order valence-electron chi connectivity index (χ1n) is 7.33. The molecule has 0 spiro atoms. The lowest BCUT2D eigenvalue weighted by Gasteiger charge is -2.13. The molecule has 0 saturated heterocycles. The second-order valence-corrected chi connectivity index (χ2v) is 9.04. The minimum Gasteiger partial charge on any atom is -0.271 e. The molecule has 1 aliphatic carbocycles. The van der Waals surface area contributed by atoms with Gasteiger partial charge >= 0.3 is 0 Å². The largest absolute Gasteiger partial charge is 0.271 e. The first-order chi connectivity index (χ1) is 9.55. The maximum atomic E-state index is 11.5. The molecule has 0 radical (unpaired) electrons. The van der Waals surface area contributed by atoms with Gasteiger partial charge in [0, 0.05) is 15.5 Å². The lowest BCUT2D eigenvalue weighted by atomic mass is 9.98. The van der Waals surface area contributed by atoms with E-state index < -0.39 is 9.84 Å². The average Bonchev–Trinajstić information content (AvgIpc) is 2.87. The molecule has 3 N–H and O–H groups in total. The first kappa shape index (κ1) is 15.9. The summed E-state index contributed by atoms with van der Waals surface area (Å²) in [5.41, 5.74) is 4.32. The summed E-state index contributed by atoms with van der Waals surface area (Å²) in [6, 6.07) is 2.34. The fourth-order valence-electron chi connectivity index (χ4n) is 2.64. The second kappa shape index (κ2) is 7.02. The Morgan fingerprint density at radius 3 is 2.80 bits per heavy atom. The van der Waals surface area contributed by atoms with E-state index in [9.17, 15) is 8.42 Å². The zero-order valence-corrected chi connectivity index (χ0v) is 13.7. The van der Waals surface area contributed by atoms with Crippen molar-refractivity contribution in [2.75, 3.05) is 11.5 Å². The number of rotatable bonds is 7. The molecule has 114 valence electrons. The standard InChI is InChI=1S/C14H24N2O2S2/c1-2-20(17,18)9-5-7-12(16-15)14-10-11-6-3-4-8-13(11)19-14/h10,12,16H,2-9,15H2,1H3. The molecular formula is C14H24N2O2S2. The minimum absolute atomic E-state index is 0.0812. The summed E-state index contributed by atoms with van der Waals surface area (Å²) in [7, 11) is -2.87. The molecule has 1 aromatic rings. The maximum absolute atomic E-state index is 11.5. The number of aryl methyl sites for hydroxylation is 2. The normalized spacial score (nSPS) is 16.9. The highest BCUT2D eigenvalue weighted by Crippen LogP contribution is 2.34. The van der Waals surface area contributed by atoms with Gasteiger partial charge in [0.1, 0.15) is 9.84 Å². The van der Waals surface area contributed by atoms with Crippen molar-refractivity contribution in [3.8, 4) is 0 Å². The molecule has 1 aliphatic rings. The van der Waals surface area contributed by atoms with E-state index in [0.29, 0.717) is 6.42 Å². The molecule has 0 bridgehead atoms. The summed E-state index contributed by atoms with van der Waals surface area (Å²) in [5, 5.41) is 0. The fraction of sp³-hybridized carbons (Fsp3) is 0.714. The van der Waals surface area contributed by atoms with Crippen molar-refractivity contribution in [3.05, 3.63) is 21.4 Å². The Kier molecular flexibility index (Phi) is 5.60. The van der Waals surface area contributed by atoms with E-state index in [0.717, 1.165) is 6.42 Å². The first-order valence-corrected chi connectivity index (χ1v) is 9.97. The van der Waals surface area contributed by atoms with E-state index in [1.165, 1.54) is 41.0 Å². The van der Waals surface area contributed by atoms with Crippen molar-refractivity contribution < 1.29 is 8.42 Å². The van der Waals surface area contributed by atoms with Crippen LogP contribution in [0.2, 0.25) is 0 Å².